The molecule has 0 bridgehead atoms. The van der Waals surface area contributed by atoms with Crippen LogP contribution < -0.4 is 0 Å². The Bertz CT molecular complexity index is 977. The molecule has 0 amide bonds. The molecule has 2 N–H and O–H groups in total. The molecule has 0 aromatic heterocycles. The fraction of sp³-hybridized carbons (Fsp3) is 0.741. The van der Waals surface area contributed by atoms with Crippen LogP contribution in [0, 0.1) is 40.9 Å². The molecule has 0 spiro atoms. The number of allylic oxidation sites excluding steroid dienone is 1. The minimum Gasteiger partial charge on any atom is -0.458 e. The van der Waals surface area contributed by atoms with Crippen molar-refractivity contribution in [3.05, 3.63) is 23.3 Å². The van der Waals surface area contributed by atoms with E-state index >= 15 is 0 Å². The fourth-order valence-corrected chi connectivity index (χ4v) is 7.37. The van der Waals surface area contributed by atoms with E-state index in [4.69, 9.17) is 9.47 Å². The van der Waals surface area contributed by atoms with E-state index in [1.807, 2.05) is 46.8 Å². The fourth-order valence-electron chi connectivity index (χ4n) is 7.37. The van der Waals surface area contributed by atoms with Crippen molar-refractivity contribution in [3.63, 3.8) is 0 Å². The summed E-state index contributed by atoms with van der Waals surface area (Å²) in [5.74, 6) is -3.62. The topological polar surface area (TPSA) is 110 Å². The monoisotopic (exact) mass is 474 g/mol. The van der Waals surface area contributed by atoms with Crippen LogP contribution in [0.3, 0.4) is 0 Å². The van der Waals surface area contributed by atoms with Crippen LogP contribution in [0.4, 0.5) is 0 Å². The van der Waals surface area contributed by atoms with Gasteiger partial charge in [-0.25, -0.2) is 0 Å². The van der Waals surface area contributed by atoms with E-state index < -0.39 is 52.4 Å². The summed E-state index contributed by atoms with van der Waals surface area (Å²) in [4.78, 5) is 38.3. The van der Waals surface area contributed by atoms with Crippen molar-refractivity contribution >= 4 is 17.7 Å². The van der Waals surface area contributed by atoms with E-state index in [0.29, 0.717) is 24.0 Å². The molecule has 9 atom stereocenters. The quantitative estimate of drug-likeness (QED) is 0.466. The molecule has 2 saturated carbocycles. The first-order valence-corrected chi connectivity index (χ1v) is 12.4. The van der Waals surface area contributed by atoms with Crippen LogP contribution in [0.5, 0.6) is 0 Å². The van der Waals surface area contributed by atoms with Crippen LogP contribution in [0.2, 0.25) is 0 Å². The summed E-state index contributed by atoms with van der Waals surface area (Å²) >= 11 is 0. The average Bonchev–Trinajstić information content (AvgIpc) is 3.17. The third-order valence-electron chi connectivity index (χ3n) is 9.46. The molecule has 0 saturated heterocycles. The van der Waals surface area contributed by atoms with Crippen LogP contribution >= 0.6 is 0 Å². The summed E-state index contributed by atoms with van der Waals surface area (Å²) < 4.78 is 12.1. The van der Waals surface area contributed by atoms with Gasteiger partial charge in [0.25, 0.3) is 0 Å². The van der Waals surface area contributed by atoms with Crippen LogP contribution in [0.15, 0.2) is 23.3 Å². The van der Waals surface area contributed by atoms with Gasteiger partial charge in [0.05, 0.1) is 18.1 Å². The number of hydrogen-bond acceptors (Lipinski definition) is 7. The molecule has 0 heterocycles. The lowest BCUT2D eigenvalue weighted by Crippen LogP contribution is -2.63. The molecular formula is C27H38O7. The number of ether oxygens (including phenoxy) is 2. The molecule has 0 aromatic carbocycles. The maximum absolute atomic E-state index is 13.1. The molecular weight excluding hydrogens is 436 g/mol. The van der Waals surface area contributed by atoms with E-state index in [9.17, 15) is 24.6 Å². The highest BCUT2D eigenvalue weighted by Crippen LogP contribution is 2.77. The third kappa shape index (κ3) is 3.12. The Morgan fingerprint density at radius 3 is 2.44 bits per heavy atom. The molecule has 4 aliphatic rings. The van der Waals surface area contributed by atoms with Gasteiger partial charge in [0, 0.05) is 41.9 Å². The van der Waals surface area contributed by atoms with Crippen molar-refractivity contribution in [1.29, 1.82) is 0 Å². The van der Waals surface area contributed by atoms with Gasteiger partial charge in [-0.1, -0.05) is 46.8 Å². The molecule has 4 rings (SSSR count). The van der Waals surface area contributed by atoms with Crippen molar-refractivity contribution in [1.82, 2.24) is 0 Å². The van der Waals surface area contributed by atoms with Crippen LogP contribution in [-0.2, 0) is 23.9 Å². The number of rotatable bonds is 5. The first-order valence-electron chi connectivity index (χ1n) is 12.4. The number of carbonyl (C=O) groups excluding carboxylic acids is 3. The molecule has 0 aromatic rings. The van der Waals surface area contributed by atoms with E-state index in [1.165, 1.54) is 6.92 Å². The zero-order valence-electron chi connectivity index (χ0n) is 21.3. The summed E-state index contributed by atoms with van der Waals surface area (Å²) in [6.45, 7) is 12.4. The van der Waals surface area contributed by atoms with E-state index in [2.05, 4.69) is 0 Å². The summed E-state index contributed by atoms with van der Waals surface area (Å²) in [5, 5.41) is 22.6. The SMILES string of the molecule is CCC(C)C(=O)O[C@@]12[C@H](OC(C)=O)[C@@H](C)[C@]3(O)[C@@H]4C=C(C)C(=O)[C@H]4CC(CO)=C[C@H]3[C@@H]1C2(C)C. The standard InChI is InChI=1S/C27H38O7/c1-8-13(2)24(31)34-27-22(25(27,6)7)20-11-17(12-28)10-18-19(9-14(3)21(18)30)26(20,32)15(4)23(27)33-16(5)29/h9,11,13,15,18-20,22-23,28,32H,8,10,12H2,1-7H3/t13?,15-,18+,19-,20+,22-,23-,26+,27-/m1/s1. The number of esters is 2. The van der Waals surface area contributed by atoms with E-state index in [-0.39, 0.29) is 30.2 Å². The molecule has 34 heavy (non-hydrogen) atoms. The van der Waals surface area contributed by atoms with Gasteiger partial charge in [-0.15, -0.1) is 0 Å². The number of carbonyl (C=O) groups is 3. The maximum atomic E-state index is 13.1. The van der Waals surface area contributed by atoms with Crippen molar-refractivity contribution in [2.24, 2.45) is 40.9 Å². The van der Waals surface area contributed by atoms with Crippen molar-refractivity contribution in [2.45, 2.75) is 78.6 Å². The van der Waals surface area contributed by atoms with E-state index in [0.717, 1.165) is 0 Å². The number of hydrogen-bond donors (Lipinski definition) is 2. The Hall–Kier alpha value is -1.99. The second-order valence-corrected chi connectivity index (χ2v) is 11.5. The summed E-state index contributed by atoms with van der Waals surface area (Å²) in [6, 6.07) is 0. The highest BCUT2D eigenvalue weighted by Gasteiger charge is 2.87. The Kier molecular flexibility index (Phi) is 5.92. The largest absolute Gasteiger partial charge is 0.458 e. The van der Waals surface area contributed by atoms with Gasteiger partial charge in [-0.3, -0.25) is 14.4 Å². The summed E-state index contributed by atoms with van der Waals surface area (Å²) in [5.41, 5.74) is -1.81. The lowest BCUT2D eigenvalue weighted by molar-refractivity contribution is -0.221. The molecule has 4 aliphatic carbocycles. The second kappa shape index (κ2) is 8.02. The molecule has 7 nitrogen and oxygen atoms in total. The van der Waals surface area contributed by atoms with Gasteiger partial charge in [0.1, 0.15) is 6.10 Å². The minimum atomic E-state index is -1.42. The smallest absolute Gasteiger partial charge is 0.309 e. The van der Waals surface area contributed by atoms with Crippen LogP contribution in [0.1, 0.15) is 61.3 Å². The number of aliphatic hydroxyl groups is 2. The zero-order chi connectivity index (χ0) is 25.4. The van der Waals surface area contributed by atoms with Crippen molar-refractivity contribution in [3.8, 4) is 0 Å². The molecule has 0 radical (unpaired) electrons. The molecule has 188 valence electrons. The predicted molar refractivity (Wildman–Crippen MR) is 124 cm³/mol. The summed E-state index contributed by atoms with van der Waals surface area (Å²) in [6.07, 6.45) is 3.87. The lowest BCUT2D eigenvalue weighted by atomic mass is 9.60. The summed E-state index contributed by atoms with van der Waals surface area (Å²) in [7, 11) is 0. The van der Waals surface area contributed by atoms with E-state index in [1.54, 1.807) is 6.92 Å². The lowest BCUT2D eigenvalue weighted by Gasteiger charge is -2.52. The highest BCUT2D eigenvalue weighted by atomic mass is 16.6. The highest BCUT2D eigenvalue weighted by molar-refractivity contribution is 6.00. The Balaban J connectivity index is 1.90. The predicted octanol–water partition coefficient (Wildman–Crippen LogP) is 2.98. The number of aliphatic hydroxyl groups excluding tert-OH is 1. The van der Waals surface area contributed by atoms with Gasteiger partial charge >= 0.3 is 11.9 Å². The number of fused-ring (bicyclic) bond motifs is 5. The van der Waals surface area contributed by atoms with Gasteiger partial charge < -0.3 is 19.7 Å². The molecule has 1 unspecified atom stereocenters. The molecule has 7 heteroatoms. The van der Waals surface area contributed by atoms with Crippen molar-refractivity contribution < 1.29 is 34.1 Å². The maximum Gasteiger partial charge on any atom is 0.309 e. The van der Waals surface area contributed by atoms with Gasteiger partial charge in [-0.2, -0.15) is 0 Å². The average molecular weight is 475 g/mol. The van der Waals surface area contributed by atoms with Crippen LogP contribution in [-0.4, -0.2) is 51.8 Å². The number of ketones is 1. The molecule has 2 fully saturated rings. The third-order valence-corrected chi connectivity index (χ3v) is 9.46. The van der Waals surface area contributed by atoms with Gasteiger partial charge in [-0.05, 0) is 30.9 Å². The Morgan fingerprint density at radius 2 is 1.88 bits per heavy atom. The van der Waals surface area contributed by atoms with Crippen LogP contribution in [0.25, 0.3) is 0 Å². The second-order valence-electron chi connectivity index (χ2n) is 11.5. The minimum absolute atomic E-state index is 0.0234. The van der Waals surface area contributed by atoms with Crippen molar-refractivity contribution in [2.75, 3.05) is 6.61 Å². The number of Topliss-reactive ketones (excluding diaryl/α,β-unsaturated/α-hetero) is 1. The van der Waals surface area contributed by atoms with Gasteiger partial charge in [0.2, 0.25) is 0 Å². The first-order chi connectivity index (χ1) is 15.8. The zero-order valence-corrected chi connectivity index (χ0v) is 21.3. The Labute approximate surface area is 201 Å². The Morgan fingerprint density at radius 1 is 1.24 bits per heavy atom. The van der Waals surface area contributed by atoms with Gasteiger partial charge in [0.15, 0.2) is 11.4 Å². The first kappa shape index (κ1) is 25.1. The molecule has 0 aliphatic heterocycles. The normalized spacial score (nSPS) is 42.8.